The summed E-state index contributed by atoms with van der Waals surface area (Å²) in [4.78, 5) is 0. The van der Waals surface area contributed by atoms with Gasteiger partial charge >= 0.3 is 0 Å². The van der Waals surface area contributed by atoms with Gasteiger partial charge in [-0.05, 0) is 36.4 Å². The number of hydrogen-bond donors (Lipinski definition) is 0. The van der Waals surface area contributed by atoms with Crippen molar-refractivity contribution in [3.05, 3.63) is 91.0 Å². The van der Waals surface area contributed by atoms with E-state index in [1.165, 1.54) is 15.9 Å². The molecule has 0 aliphatic carbocycles. The average Bonchev–Trinajstić information content (AvgIpc) is 2.56. The molecule has 0 saturated heterocycles. The van der Waals surface area contributed by atoms with Crippen LogP contribution >= 0.6 is 7.26 Å². The van der Waals surface area contributed by atoms with Crippen molar-refractivity contribution in [3.63, 3.8) is 0 Å². The molecule has 1 radical (unpaired) electrons. The smallest absolute Gasteiger partial charge is 0.0620 e. The minimum Gasteiger partial charge on any atom is -0.0620 e. The summed E-state index contributed by atoms with van der Waals surface area (Å²) in [6, 6.07) is 32.6. The van der Waals surface area contributed by atoms with Gasteiger partial charge in [0.05, 0.1) is 6.66 Å². The molecule has 3 aromatic carbocycles. The van der Waals surface area contributed by atoms with Crippen LogP contribution < -0.4 is 15.9 Å². The van der Waals surface area contributed by atoms with Crippen LogP contribution in [-0.4, -0.2) is 6.66 Å². The summed E-state index contributed by atoms with van der Waals surface area (Å²) >= 11 is 0. The third kappa shape index (κ3) is 3.20. The van der Waals surface area contributed by atoms with Crippen molar-refractivity contribution in [3.8, 4) is 0 Å². The first-order chi connectivity index (χ1) is 9.82. The van der Waals surface area contributed by atoms with Gasteiger partial charge in [-0.1, -0.05) is 54.6 Å². The summed E-state index contributed by atoms with van der Waals surface area (Å²) in [6.07, 6.45) is 0. The molecule has 0 fully saturated rings. The van der Waals surface area contributed by atoms with Crippen LogP contribution in [0.3, 0.4) is 0 Å². The van der Waals surface area contributed by atoms with Crippen molar-refractivity contribution >= 4 is 23.2 Å². The van der Waals surface area contributed by atoms with Gasteiger partial charge in [0, 0.05) is 22.4 Å². The standard InChI is InChI=1S/C19H18P.Au/c1-20(17-11-5-2-6-12-17,18-13-7-3-8-14-18)19-15-9-4-10-16-19;/h2-16H,1H3;/q+1;. The summed E-state index contributed by atoms with van der Waals surface area (Å²) in [5, 5.41) is 4.28. The molecule has 0 unspecified atom stereocenters. The predicted octanol–water partition coefficient (Wildman–Crippen LogP) is 3.61. The second-order valence-corrected chi connectivity index (χ2v) is 8.57. The summed E-state index contributed by atoms with van der Waals surface area (Å²) in [5.41, 5.74) is 0. The van der Waals surface area contributed by atoms with Gasteiger partial charge in [0.25, 0.3) is 0 Å². The fourth-order valence-electron chi connectivity index (χ4n) is 2.63. The van der Waals surface area contributed by atoms with Crippen LogP contribution in [0.25, 0.3) is 0 Å². The van der Waals surface area contributed by atoms with Crippen molar-refractivity contribution in [2.24, 2.45) is 0 Å². The SMILES string of the molecule is C[P+](c1ccccc1)(c1ccccc1)c1ccccc1.[Au]. The molecule has 0 N–H and O–H groups in total. The molecule has 3 aromatic rings. The molecule has 0 bridgehead atoms. The fraction of sp³-hybridized carbons (Fsp3) is 0.0526. The second kappa shape index (κ2) is 7.20. The maximum absolute atomic E-state index is 2.41. The molecule has 21 heavy (non-hydrogen) atoms. The summed E-state index contributed by atoms with van der Waals surface area (Å²) in [6.45, 7) is 2.41. The molecule has 0 aliphatic heterocycles. The zero-order chi connectivity index (χ0) is 13.8. The average molecular weight is 474 g/mol. The Bertz CT molecular complexity index is 569. The van der Waals surface area contributed by atoms with Gasteiger partial charge in [-0.25, -0.2) is 0 Å². The van der Waals surface area contributed by atoms with Crippen LogP contribution in [0.4, 0.5) is 0 Å². The fourth-order valence-corrected chi connectivity index (χ4v) is 5.83. The predicted molar refractivity (Wildman–Crippen MR) is 91.1 cm³/mol. The Morgan fingerprint density at radius 2 is 0.714 bits per heavy atom. The molecule has 2 heteroatoms. The number of rotatable bonds is 3. The quantitative estimate of drug-likeness (QED) is 0.402. The van der Waals surface area contributed by atoms with Crippen molar-refractivity contribution in [1.29, 1.82) is 0 Å². The van der Waals surface area contributed by atoms with E-state index in [0.29, 0.717) is 0 Å². The molecule has 0 atom stereocenters. The third-order valence-electron chi connectivity index (χ3n) is 3.82. The van der Waals surface area contributed by atoms with Crippen LogP contribution in [-0.2, 0) is 22.4 Å². The van der Waals surface area contributed by atoms with Crippen LogP contribution in [0.2, 0.25) is 0 Å². The summed E-state index contributed by atoms with van der Waals surface area (Å²) in [7, 11) is -1.53. The zero-order valence-electron chi connectivity index (χ0n) is 11.9. The molecule has 109 valence electrons. The van der Waals surface area contributed by atoms with Crippen molar-refractivity contribution in [2.75, 3.05) is 6.66 Å². The molecule has 0 aromatic heterocycles. The van der Waals surface area contributed by atoms with E-state index >= 15 is 0 Å². The minimum absolute atomic E-state index is 0. The molecule has 0 nitrogen and oxygen atoms in total. The number of benzene rings is 3. The Morgan fingerprint density at radius 1 is 0.476 bits per heavy atom. The van der Waals surface area contributed by atoms with E-state index in [2.05, 4.69) is 97.7 Å². The van der Waals surface area contributed by atoms with Gasteiger partial charge in [0.2, 0.25) is 0 Å². The van der Waals surface area contributed by atoms with Crippen LogP contribution in [0.5, 0.6) is 0 Å². The normalized spacial score (nSPS) is 10.7. The Morgan fingerprint density at radius 3 is 0.952 bits per heavy atom. The summed E-state index contributed by atoms with van der Waals surface area (Å²) in [5.74, 6) is 0. The first kappa shape index (κ1) is 16.2. The van der Waals surface area contributed by atoms with E-state index < -0.39 is 7.26 Å². The Labute approximate surface area is 143 Å². The van der Waals surface area contributed by atoms with Gasteiger partial charge < -0.3 is 0 Å². The van der Waals surface area contributed by atoms with Gasteiger partial charge in [-0.3, -0.25) is 0 Å². The first-order valence-corrected chi connectivity index (χ1v) is 9.09. The monoisotopic (exact) mass is 474 g/mol. The molecular formula is C19H18AuP+. The van der Waals surface area contributed by atoms with E-state index in [0.717, 1.165) is 0 Å². The topological polar surface area (TPSA) is 0 Å². The van der Waals surface area contributed by atoms with E-state index in [1.807, 2.05) is 0 Å². The maximum Gasteiger partial charge on any atom is 0.109 e. The molecule has 0 spiro atoms. The molecular weight excluding hydrogens is 456 g/mol. The van der Waals surface area contributed by atoms with Gasteiger partial charge in [0.15, 0.2) is 0 Å². The minimum atomic E-state index is -1.53. The van der Waals surface area contributed by atoms with Crippen LogP contribution in [0, 0.1) is 0 Å². The van der Waals surface area contributed by atoms with E-state index in [4.69, 9.17) is 0 Å². The van der Waals surface area contributed by atoms with Crippen molar-refractivity contribution in [2.45, 2.75) is 0 Å². The van der Waals surface area contributed by atoms with Crippen LogP contribution in [0.15, 0.2) is 91.0 Å². The van der Waals surface area contributed by atoms with Gasteiger partial charge in [-0.15, -0.1) is 0 Å². The van der Waals surface area contributed by atoms with Gasteiger partial charge in [-0.2, -0.15) is 0 Å². The van der Waals surface area contributed by atoms with Gasteiger partial charge in [0.1, 0.15) is 23.2 Å². The van der Waals surface area contributed by atoms with E-state index in [1.54, 1.807) is 0 Å². The van der Waals surface area contributed by atoms with E-state index in [9.17, 15) is 0 Å². The van der Waals surface area contributed by atoms with Crippen molar-refractivity contribution < 1.29 is 22.4 Å². The molecule has 0 aliphatic rings. The second-order valence-electron chi connectivity index (χ2n) is 5.01. The Hall–Kier alpha value is -1.17. The van der Waals surface area contributed by atoms with Crippen molar-refractivity contribution in [1.82, 2.24) is 0 Å². The third-order valence-corrected chi connectivity index (χ3v) is 7.81. The molecule has 0 amide bonds. The Balaban J connectivity index is 0.00000161. The largest absolute Gasteiger partial charge is 0.109 e. The molecule has 0 heterocycles. The van der Waals surface area contributed by atoms with E-state index in [-0.39, 0.29) is 22.4 Å². The number of hydrogen-bond acceptors (Lipinski definition) is 0. The molecule has 3 rings (SSSR count). The zero-order valence-corrected chi connectivity index (χ0v) is 15.0. The summed E-state index contributed by atoms with van der Waals surface area (Å²) < 4.78 is 0. The maximum atomic E-state index is 2.41. The first-order valence-electron chi connectivity index (χ1n) is 6.85. The Kier molecular flexibility index (Phi) is 5.56. The van der Waals surface area contributed by atoms with Crippen LogP contribution in [0.1, 0.15) is 0 Å². The molecule has 0 saturated carbocycles.